The molecular formula is C23H17ClFNO4S. The zero-order valence-electron chi connectivity index (χ0n) is 16.1. The number of para-hydroxylation sites is 1. The summed E-state index contributed by atoms with van der Waals surface area (Å²) in [5, 5.41) is 9.87. The van der Waals surface area contributed by atoms with Gasteiger partial charge in [-0.1, -0.05) is 41.9 Å². The van der Waals surface area contributed by atoms with Crippen molar-refractivity contribution in [1.82, 2.24) is 3.97 Å². The summed E-state index contributed by atoms with van der Waals surface area (Å²) in [7, 11) is -3.98. The number of aliphatic carboxylic acids is 1. The lowest BCUT2D eigenvalue weighted by atomic mass is 10.1. The Morgan fingerprint density at radius 3 is 2.55 bits per heavy atom. The van der Waals surface area contributed by atoms with E-state index in [1.54, 1.807) is 36.4 Å². The van der Waals surface area contributed by atoms with Crippen LogP contribution in [0.2, 0.25) is 5.02 Å². The van der Waals surface area contributed by atoms with Crippen molar-refractivity contribution in [2.75, 3.05) is 0 Å². The summed E-state index contributed by atoms with van der Waals surface area (Å²) in [6, 6.07) is 17.1. The van der Waals surface area contributed by atoms with Gasteiger partial charge in [0.15, 0.2) is 0 Å². The molecular weight excluding hydrogens is 441 g/mol. The number of carboxylic acids is 1. The topological polar surface area (TPSA) is 76.4 Å². The lowest BCUT2D eigenvalue weighted by molar-refractivity contribution is -0.136. The number of carbonyl (C=O) groups is 1. The molecule has 0 aliphatic rings. The summed E-state index contributed by atoms with van der Waals surface area (Å²) in [5.74, 6) is -1.44. The van der Waals surface area contributed by atoms with Gasteiger partial charge in [0, 0.05) is 23.6 Å². The molecule has 0 bridgehead atoms. The fourth-order valence-corrected chi connectivity index (χ4v) is 5.23. The molecule has 0 saturated carbocycles. The minimum absolute atomic E-state index is 0.0379. The molecule has 31 heavy (non-hydrogen) atoms. The summed E-state index contributed by atoms with van der Waals surface area (Å²) in [6.45, 7) is 0. The van der Waals surface area contributed by atoms with Crippen LogP contribution in [0, 0.1) is 5.82 Å². The van der Waals surface area contributed by atoms with E-state index in [0.29, 0.717) is 27.6 Å². The van der Waals surface area contributed by atoms with Crippen LogP contribution in [0.1, 0.15) is 12.0 Å². The highest BCUT2D eigenvalue weighted by atomic mass is 35.5. The van der Waals surface area contributed by atoms with Crippen LogP contribution in [-0.2, 0) is 21.2 Å². The van der Waals surface area contributed by atoms with Gasteiger partial charge in [-0.05, 0) is 53.9 Å². The molecule has 4 aromatic rings. The number of benzene rings is 3. The first-order valence-corrected chi connectivity index (χ1v) is 11.2. The largest absolute Gasteiger partial charge is 0.481 e. The van der Waals surface area contributed by atoms with Gasteiger partial charge in [0.25, 0.3) is 10.0 Å². The number of aryl methyl sites for hydroxylation is 1. The van der Waals surface area contributed by atoms with Crippen molar-refractivity contribution in [2.45, 2.75) is 17.7 Å². The molecule has 0 spiro atoms. The van der Waals surface area contributed by atoms with Crippen molar-refractivity contribution in [3.05, 3.63) is 89.3 Å². The van der Waals surface area contributed by atoms with Gasteiger partial charge in [-0.2, -0.15) is 0 Å². The maximum absolute atomic E-state index is 13.5. The van der Waals surface area contributed by atoms with E-state index in [4.69, 9.17) is 16.7 Å². The zero-order chi connectivity index (χ0) is 22.2. The Bertz CT molecular complexity index is 1410. The number of fused-ring (bicyclic) bond motifs is 1. The van der Waals surface area contributed by atoms with E-state index in [2.05, 4.69) is 0 Å². The lowest BCUT2D eigenvalue weighted by Gasteiger charge is -2.10. The first-order valence-electron chi connectivity index (χ1n) is 9.39. The Labute approximate surface area is 183 Å². The van der Waals surface area contributed by atoms with Gasteiger partial charge in [-0.3, -0.25) is 4.79 Å². The number of carboxylic acid groups (broad SMARTS) is 1. The van der Waals surface area contributed by atoms with Gasteiger partial charge in [0.05, 0.1) is 15.4 Å². The highest BCUT2D eigenvalue weighted by Crippen LogP contribution is 2.32. The number of rotatable bonds is 6. The first-order chi connectivity index (χ1) is 14.8. The van der Waals surface area contributed by atoms with Crippen LogP contribution < -0.4 is 0 Å². The summed E-state index contributed by atoms with van der Waals surface area (Å²) in [5.41, 5.74) is 2.15. The molecule has 1 N–H and O–H groups in total. The fraction of sp³-hybridized carbons (Fsp3) is 0.0870. The normalized spacial score (nSPS) is 11.7. The monoisotopic (exact) mass is 457 g/mol. The Morgan fingerprint density at radius 1 is 1.03 bits per heavy atom. The standard InChI is InChI=1S/C23H17ClFNO4S/c24-21-13-17(25)9-10-19(21)15-4-3-5-18(12-15)31(29,30)26-14-16(8-11-23(27)28)20-6-1-2-7-22(20)26/h1-7,9-10,12-14H,8,11H2,(H,27,28). The maximum atomic E-state index is 13.5. The van der Waals surface area contributed by atoms with E-state index in [1.807, 2.05) is 0 Å². The Morgan fingerprint density at radius 2 is 1.81 bits per heavy atom. The van der Waals surface area contributed by atoms with E-state index in [9.17, 15) is 17.6 Å². The Balaban J connectivity index is 1.83. The fourth-order valence-electron chi connectivity index (χ4n) is 3.52. The van der Waals surface area contributed by atoms with E-state index in [0.717, 1.165) is 0 Å². The molecule has 8 heteroatoms. The molecule has 0 aliphatic heterocycles. The molecule has 0 radical (unpaired) electrons. The highest BCUT2D eigenvalue weighted by molar-refractivity contribution is 7.90. The summed E-state index contributed by atoms with van der Waals surface area (Å²) < 4.78 is 41.5. The Hall–Kier alpha value is -3.16. The quantitative estimate of drug-likeness (QED) is 0.423. The van der Waals surface area contributed by atoms with Crippen LogP contribution in [0.3, 0.4) is 0 Å². The van der Waals surface area contributed by atoms with Crippen LogP contribution in [0.15, 0.2) is 77.8 Å². The average molecular weight is 458 g/mol. The number of hydrogen-bond donors (Lipinski definition) is 1. The van der Waals surface area contributed by atoms with Gasteiger partial charge in [-0.15, -0.1) is 0 Å². The van der Waals surface area contributed by atoms with Gasteiger partial charge in [-0.25, -0.2) is 16.8 Å². The zero-order valence-corrected chi connectivity index (χ0v) is 17.7. The van der Waals surface area contributed by atoms with E-state index < -0.39 is 21.8 Å². The minimum atomic E-state index is -3.98. The van der Waals surface area contributed by atoms with Gasteiger partial charge in [0.2, 0.25) is 0 Å². The second kappa shape index (κ2) is 8.17. The molecule has 0 saturated heterocycles. The van der Waals surface area contributed by atoms with Gasteiger partial charge >= 0.3 is 5.97 Å². The third-order valence-electron chi connectivity index (χ3n) is 5.00. The van der Waals surface area contributed by atoms with Gasteiger partial charge in [0.1, 0.15) is 5.82 Å². The molecule has 0 fully saturated rings. The molecule has 158 valence electrons. The lowest BCUT2D eigenvalue weighted by Crippen LogP contribution is -2.12. The van der Waals surface area contributed by atoms with Crippen molar-refractivity contribution in [3.8, 4) is 11.1 Å². The second-order valence-corrected chi connectivity index (χ2v) is 9.24. The molecule has 1 aromatic heterocycles. The third kappa shape index (κ3) is 4.06. The van der Waals surface area contributed by atoms with Crippen molar-refractivity contribution >= 4 is 38.5 Å². The van der Waals surface area contributed by atoms with Crippen molar-refractivity contribution in [2.24, 2.45) is 0 Å². The minimum Gasteiger partial charge on any atom is -0.481 e. The maximum Gasteiger partial charge on any atom is 0.303 e. The molecule has 4 rings (SSSR count). The van der Waals surface area contributed by atoms with Crippen molar-refractivity contribution in [1.29, 1.82) is 0 Å². The van der Waals surface area contributed by atoms with Crippen LogP contribution in [0.5, 0.6) is 0 Å². The smallest absolute Gasteiger partial charge is 0.303 e. The predicted molar refractivity (Wildman–Crippen MR) is 117 cm³/mol. The molecule has 0 amide bonds. The molecule has 1 heterocycles. The number of nitrogens with zero attached hydrogens (tertiary/aromatic N) is 1. The van der Waals surface area contributed by atoms with Crippen LogP contribution in [-0.4, -0.2) is 23.5 Å². The van der Waals surface area contributed by atoms with Crippen LogP contribution in [0.25, 0.3) is 22.0 Å². The van der Waals surface area contributed by atoms with E-state index in [-0.39, 0.29) is 22.8 Å². The van der Waals surface area contributed by atoms with Crippen molar-refractivity contribution in [3.63, 3.8) is 0 Å². The first kappa shape index (κ1) is 21.1. The summed E-state index contributed by atoms with van der Waals surface area (Å²) >= 11 is 6.15. The van der Waals surface area contributed by atoms with Crippen LogP contribution >= 0.6 is 11.6 Å². The summed E-state index contributed by atoms with van der Waals surface area (Å²) in [4.78, 5) is 11.0. The number of halogens is 2. The third-order valence-corrected chi connectivity index (χ3v) is 6.98. The Kier molecular flexibility index (Phi) is 5.56. The predicted octanol–water partition coefficient (Wildman–Crippen LogP) is 5.36. The molecule has 3 aromatic carbocycles. The summed E-state index contributed by atoms with van der Waals surface area (Å²) in [6.07, 6.45) is 1.58. The molecule has 0 unspecified atom stereocenters. The van der Waals surface area contributed by atoms with Crippen LogP contribution in [0.4, 0.5) is 4.39 Å². The second-order valence-electron chi connectivity index (χ2n) is 7.02. The molecule has 0 atom stereocenters. The number of aromatic nitrogens is 1. The number of hydrogen-bond acceptors (Lipinski definition) is 3. The van der Waals surface area contributed by atoms with E-state index in [1.165, 1.54) is 40.5 Å². The average Bonchev–Trinajstić information content (AvgIpc) is 3.12. The van der Waals surface area contributed by atoms with E-state index >= 15 is 0 Å². The van der Waals surface area contributed by atoms with Gasteiger partial charge < -0.3 is 5.11 Å². The van der Waals surface area contributed by atoms with Crippen molar-refractivity contribution < 1.29 is 22.7 Å². The highest BCUT2D eigenvalue weighted by Gasteiger charge is 2.22. The SMILES string of the molecule is O=C(O)CCc1cn(S(=O)(=O)c2cccc(-c3ccc(F)cc3Cl)c2)c2ccccc12. The molecule has 0 aliphatic carbocycles. The molecule has 5 nitrogen and oxygen atoms in total.